The molecule has 0 fully saturated rings. The van der Waals surface area contributed by atoms with E-state index in [9.17, 15) is 4.39 Å². The maximum atomic E-state index is 13.3. The maximum Gasteiger partial charge on any atom is 0.127 e. The second kappa shape index (κ2) is 4.65. The number of rotatable bonds is 3. The highest BCUT2D eigenvalue weighted by Crippen LogP contribution is 2.29. The molecule has 2 rings (SSSR count). The fourth-order valence-electron chi connectivity index (χ4n) is 2.01. The fraction of sp³-hybridized carbons (Fsp3) is 0.462. The van der Waals surface area contributed by atoms with Gasteiger partial charge < -0.3 is 4.57 Å². The summed E-state index contributed by atoms with van der Waals surface area (Å²) in [6.45, 7) is 6.07. The van der Waals surface area contributed by atoms with Crippen LogP contribution in [0, 0.1) is 5.82 Å². The number of aromatic nitrogens is 2. The summed E-state index contributed by atoms with van der Waals surface area (Å²) >= 11 is 6.14. The first kappa shape index (κ1) is 12.4. The van der Waals surface area contributed by atoms with Gasteiger partial charge in [0.2, 0.25) is 0 Å². The molecule has 0 saturated carbocycles. The van der Waals surface area contributed by atoms with Gasteiger partial charge in [-0.25, -0.2) is 9.37 Å². The van der Waals surface area contributed by atoms with E-state index in [1.807, 2.05) is 11.5 Å². The van der Waals surface area contributed by atoms with Crippen LogP contribution in [0.1, 0.15) is 44.4 Å². The molecule has 0 radical (unpaired) electrons. The van der Waals surface area contributed by atoms with Crippen LogP contribution in [-0.2, 0) is 0 Å². The Balaban J connectivity index is 2.73. The van der Waals surface area contributed by atoms with E-state index in [0.29, 0.717) is 0 Å². The molecule has 92 valence electrons. The number of nitrogens with zero attached hydrogens (tertiary/aromatic N) is 2. The van der Waals surface area contributed by atoms with Gasteiger partial charge in [0.25, 0.3) is 0 Å². The van der Waals surface area contributed by atoms with Crippen LogP contribution in [0.25, 0.3) is 11.0 Å². The average Bonchev–Trinajstić information content (AvgIpc) is 2.66. The van der Waals surface area contributed by atoms with E-state index in [4.69, 9.17) is 11.6 Å². The van der Waals surface area contributed by atoms with Crippen molar-refractivity contribution in [2.75, 3.05) is 0 Å². The van der Waals surface area contributed by atoms with Crippen molar-refractivity contribution >= 4 is 22.6 Å². The van der Waals surface area contributed by atoms with Gasteiger partial charge in [-0.05, 0) is 38.5 Å². The third kappa shape index (κ3) is 2.16. The third-order valence-corrected chi connectivity index (χ3v) is 3.26. The Morgan fingerprint density at radius 1 is 1.41 bits per heavy atom. The third-order valence-electron chi connectivity index (χ3n) is 3.07. The molecule has 0 aliphatic rings. The molecule has 2 aromatic rings. The Hall–Kier alpha value is -1.09. The molecule has 2 atom stereocenters. The van der Waals surface area contributed by atoms with Gasteiger partial charge in [0, 0.05) is 6.04 Å². The molecule has 1 aromatic carbocycles. The largest absolute Gasteiger partial charge is 0.324 e. The van der Waals surface area contributed by atoms with E-state index >= 15 is 0 Å². The highest BCUT2D eigenvalue weighted by Gasteiger charge is 2.18. The van der Waals surface area contributed by atoms with E-state index in [2.05, 4.69) is 18.8 Å². The summed E-state index contributed by atoms with van der Waals surface area (Å²) in [5.74, 6) is 0.567. The minimum Gasteiger partial charge on any atom is -0.324 e. The van der Waals surface area contributed by atoms with Gasteiger partial charge in [-0.15, -0.1) is 11.6 Å². The van der Waals surface area contributed by atoms with Crippen LogP contribution < -0.4 is 0 Å². The van der Waals surface area contributed by atoms with Crippen molar-refractivity contribution in [1.82, 2.24) is 9.55 Å². The number of halogens is 2. The van der Waals surface area contributed by atoms with E-state index in [1.165, 1.54) is 12.1 Å². The molecule has 17 heavy (non-hydrogen) atoms. The van der Waals surface area contributed by atoms with Gasteiger partial charge in [0.05, 0.1) is 16.4 Å². The van der Waals surface area contributed by atoms with Crippen molar-refractivity contribution in [3.8, 4) is 0 Å². The van der Waals surface area contributed by atoms with Gasteiger partial charge in [-0.3, -0.25) is 0 Å². The summed E-state index contributed by atoms with van der Waals surface area (Å²) in [4.78, 5) is 4.49. The molecule has 0 amide bonds. The number of fused-ring (bicyclic) bond motifs is 1. The lowest BCUT2D eigenvalue weighted by Crippen LogP contribution is -2.09. The minimum atomic E-state index is -0.240. The molecule has 0 spiro atoms. The second-order valence-electron chi connectivity index (χ2n) is 4.35. The minimum absolute atomic E-state index is 0.181. The number of hydrogen-bond acceptors (Lipinski definition) is 1. The Kier molecular flexibility index (Phi) is 3.38. The summed E-state index contributed by atoms with van der Waals surface area (Å²) in [5, 5.41) is -0.181. The maximum absolute atomic E-state index is 13.3. The zero-order valence-corrected chi connectivity index (χ0v) is 11.0. The van der Waals surface area contributed by atoms with Crippen molar-refractivity contribution in [1.29, 1.82) is 0 Å². The lowest BCUT2D eigenvalue weighted by atomic mass is 10.2. The molecule has 1 heterocycles. The van der Waals surface area contributed by atoms with E-state index in [0.717, 1.165) is 23.3 Å². The summed E-state index contributed by atoms with van der Waals surface area (Å²) in [5.41, 5.74) is 1.62. The lowest BCUT2D eigenvalue weighted by molar-refractivity contribution is 0.521. The quantitative estimate of drug-likeness (QED) is 0.740. The summed E-state index contributed by atoms with van der Waals surface area (Å²) in [7, 11) is 0. The highest BCUT2D eigenvalue weighted by atomic mass is 35.5. The molecule has 2 nitrogen and oxygen atoms in total. The molecule has 0 saturated heterocycles. The predicted molar refractivity (Wildman–Crippen MR) is 69.0 cm³/mol. The Bertz CT molecular complexity index is 533. The molecule has 0 aliphatic carbocycles. The summed E-state index contributed by atoms with van der Waals surface area (Å²) in [6, 6.07) is 4.92. The molecule has 0 N–H and O–H groups in total. The molecule has 4 heteroatoms. The molecule has 2 unspecified atom stereocenters. The van der Waals surface area contributed by atoms with Crippen LogP contribution in [0.2, 0.25) is 0 Å². The van der Waals surface area contributed by atoms with Crippen molar-refractivity contribution in [3.63, 3.8) is 0 Å². The number of alkyl halides is 1. The first-order valence-electron chi connectivity index (χ1n) is 5.86. The van der Waals surface area contributed by atoms with Crippen LogP contribution in [0.4, 0.5) is 4.39 Å². The van der Waals surface area contributed by atoms with Crippen LogP contribution >= 0.6 is 11.6 Å². The topological polar surface area (TPSA) is 17.8 Å². The van der Waals surface area contributed by atoms with Crippen molar-refractivity contribution < 1.29 is 4.39 Å². The van der Waals surface area contributed by atoms with E-state index in [-0.39, 0.29) is 17.2 Å². The molecule has 0 aliphatic heterocycles. The first-order valence-corrected chi connectivity index (χ1v) is 6.29. The summed E-state index contributed by atoms with van der Waals surface area (Å²) in [6.07, 6.45) is 0.957. The summed E-state index contributed by atoms with van der Waals surface area (Å²) < 4.78 is 15.4. The standard InChI is InChI=1S/C13H16ClFN2/c1-4-8(2)17-12-7-10(15)5-6-11(12)16-13(17)9(3)14/h5-9H,4H2,1-3H3. The smallest absolute Gasteiger partial charge is 0.127 e. The van der Waals surface area contributed by atoms with Crippen molar-refractivity contribution in [2.24, 2.45) is 0 Å². The van der Waals surface area contributed by atoms with E-state index < -0.39 is 0 Å². The first-order chi connectivity index (χ1) is 8.04. The van der Waals surface area contributed by atoms with Gasteiger partial charge in [-0.2, -0.15) is 0 Å². The normalized spacial score (nSPS) is 15.1. The monoisotopic (exact) mass is 254 g/mol. The van der Waals surface area contributed by atoms with Crippen molar-refractivity contribution in [2.45, 2.75) is 38.6 Å². The van der Waals surface area contributed by atoms with Gasteiger partial charge >= 0.3 is 0 Å². The average molecular weight is 255 g/mol. The zero-order chi connectivity index (χ0) is 12.6. The number of hydrogen-bond donors (Lipinski definition) is 0. The SMILES string of the molecule is CCC(C)n1c(C(C)Cl)nc2ccc(F)cc21. The van der Waals surface area contributed by atoms with Gasteiger partial charge in [-0.1, -0.05) is 6.92 Å². The Morgan fingerprint density at radius 2 is 2.12 bits per heavy atom. The Morgan fingerprint density at radius 3 is 2.71 bits per heavy atom. The van der Waals surface area contributed by atoms with Crippen LogP contribution in [-0.4, -0.2) is 9.55 Å². The molecular formula is C13H16ClFN2. The fourth-order valence-corrected chi connectivity index (χ4v) is 2.17. The van der Waals surface area contributed by atoms with Crippen molar-refractivity contribution in [3.05, 3.63) is 29.8 Å². The highest BCUT2D eigenvalue weighted by molar-refractivity contribution is 6.20. The van der Waals surface area contributed by atoms with Gasteiger partial charge in [0.15, 0.2) is 0 Å². The molecule has 0 bridgehead atoms. The van der Waals surface area contributed by atoms with E-state index in [1.54, 1.807) is 6.07 Å². The molecular weight excluding hydrogens is 239 g/mol. The predicted octanol–water partition coefficient (Wildman–Crippen LogP) is 4.45. The zero-order valence-electron chi connectivity index (χ0n) is 10.2. The Labute approximate surface area is 105 Å². The van der Waals surface area contributed by atoms with Crippen LogP contribution in [0.15, 0.2) is 18.2 Å². The second-order valence-corrected chi connectivity index (χ2v) is 5.00. The van der Waals surface area contributed by atoms with Gasteiger partial charge in [0.1, 0.15) is 11.6 Å². The number of imidazole rings is 1. The lowest BCUT2D eigenvalue weighted by Gasteiger charge is -2.16. The number of benzene rings is 1. The van der Waals surface area contributed by atoms with Crippen LogP contribution in [0.3, 0.4) is 0 Å². The molecule has 1 aromatic heterocycles. The van der Waals surface area contributed by atoms with Crippen LogP contribution in [0.5, 0.6) is 0 Å².